The van der Waals surface area contributed by atoms with Gasteiger partial charge in [-0.2, -0.15) is 0 Å². The summed E-state index contributed by atoms with van der Waals surface area (Å²) in [5.74, 6) is -2.51. The van der Waals surface area contributed by atoms with Gasteiger partial charge in [0.05, 0.1) is 28.9 Å². The van der Waals surface area contributed by atoms with Crippen molar-refractivity contribution in [3.63, 3.8) is 0 Å². The van der Waals surface area contributed by atoms with Crippen molar-refractivity contribution in [1.82, 2.24) is 30.1 Å². The third-order valence-corrected chi connectivity index (χ3v) is 8.65. The van der Waals surface area contributed by atoms with E-state index in [9.17, 15) is 24.0 Å². The van der Waals surface area contributed by atoms with E-state index in [4.69, 9.17) is 11.5 Å². The van der Waals surface area contributed by atoms with Crippen LogP contribution in [-0.4, -0.2) is 85.5 Å². The van der Waals surface area contributed by atoms with Crippen molar-refractivity contribution in [2.24, 2.45) is 16.9 Å². The van der Waals surface area contributed by atoms with E-state index >= 15 is 0 Å². The van der Waals surface area contributed by atoms with Crippen molar-refractivity contribution in [1.29, 1.82) is 0 Å². The van der Waals surface area contributed by atoms with Crippen molar-refractivity contribution < 1.29 is 24.0 Å². The summed E-state index contributed by atoms with van der Waals surface area (Å²) in [4.78, 5) is 79.7. The third-order valence-electron chi connectivity index (χ3n) is 8.65. The number of rotatable bonds is 7. The maximum atomic E-state index is 13.9. The van der Waals surface area contributed by atoms with Gasteiger partial charge in [-0.15, -0.1) is 0 Å². The molecule has 0 radical (unpaired) electrons. The molecule has 13 nitrogen and oxygen atoms in total. The number of nitrogens with one attached hydrogen (secondary N) is 2. The fourth-order valence-corrected chi connectivity index (χ4v) is 6.21. The minimum absolute atomic E-state index is 0.0635. The molecule has 3 aromatic heterocycles. The zero-order valence-corrected chi connectivity index (χ0v) is 25.6. The van der Waals surface area contributed by atoms with Crippen LogP contribution < -0.4 is 16.8 Å². The Morgan fingerprint density at radius 1 is 0.913 bits per heavy atom. The number of carbonyl (C=O) groups excluding carboxylic acids is 5. The quantitative estimate of drug-likeness (QED) is 0.242. The van der Waals surface area contributed by atoms with Gasteiger partial charge >= 0.3 is 0 Å². The van der Waals surface area contributed by atoms with Gasteiger partial charge in [0.15, 0.2) is 0 Å². The number of amides is 5. The average Bonchev–Trinajstić information content (AvgIpc) is 3.77. The maximum Gasteiger partial charge on any atom is 0.273 e. The zero-order chi connectivity index (χ0) is 32.9. The molecular weight excluding hydrogens is 588 g/mol. The Bertz CT molecular complexity index is 1860. The second-order valence-electron chi connectivity index (χ2n) is 12.8. The Kier molecular flexibility index (Phi) is 7.54. The summed E-state index contributed by atoms with van der Waals surface area (Å²) in [6.45, 7) is 6.22. The second kappa shape index (κ2) is 11.4. The molecule has 13 heteroatoms. The van der Waals surface area contributed by atoms with E-state index in [-0.39, 0.29) is 53.8 Å². The van der Waals surface area contributed by atoms with Crippen LogP contribution in [-0.2, 0) is 4.79 Å². The number of nitrogens with two attached hydrogens (primary N) is 2. The van der Waals surface area contributed by atoms with E-state index < -0.39 is 29.2 Å². The molecule has 0 unspecified atom stereocenters. The molecule has 2 aliphatic rings. The lowest BCUT2D eigenvalue weighted by Gasteiger charge is -2.39. The molecule has 2 aliphatic heterocycles. The van der Waals surface area contributed by atoms with Crippen molar-refractivity contribution >= 4 is 40.4 Å². The first-order valence-electron chi connectivity index (χ1n) is 14.9. The lowest BCUT2D eigenvalue weighted by molar-refractivity contribution is -0.138. The van der Waals surface area contributed by atoms with Crippen molar-refractivity contribution in [2.75, 3.05) is 13.1 Å². The monoisotopic (exact) mass is 622 g/mol. The normalized spacial score (nSPS) is 18.1. The number of fused-ring (bicyclic) bond motifs is 3. The summed E-state index contributed by atoms with van der Waals surface area (Å²) in [6, 6.07) is 12.4. The van der Waals surface area contributed by atoms with Gasteiger partial charge in [-0.3, -0.25) is 29.0 Å². The molecule has 2 bridgehead atoms. The van der Waals surface area contributed by atoms with E-state index in [1.807, 2.05) is 45.0 Å². The Morgan fingerprint density at radius 3 is 2.24 bits per heavy atom. The Morgan fingerprint density at radius 2 is 1.63 bits per heavy atom. The number of benzene rings is 1. The lowest BCUT2D eigenvalue weighted by Crippen LogP contribution is -2.59. The van der Waals surface area contributed by atoms with Gasteiger partial charge in [-0.1, -0.05) is 39.0 Å². The van der Waals surface area contributed by atoms with Gasteiger partial charge < -0.3 is 31.6 Å². The van der Waals surface area contributed by atoms with Crippen LogP contribution in [0, 0.1) is 5.41 Å². The number of carbonyl (C=O) groups is 5. The topological polar surface area (TPSA) is 197 Å². The minimum atomic E-state index is -0.827. The predicted molar refractivity (Wildman–Crippen MR) is 168 cm³/mol. The van der Waals surface area contributed by atoms with Crippen LogP contribution >= 0.6 is 0 Å². The molecule has 46 heavy (non-hydrogen) atoms. The summed E-state index contributed by atoms with van der Waals surface area (Å²) >= 11 is 0. The van der Waals surface area contributed by atoms with E-state index in [0.717, 1.165) is 10.9 Å². The molecular formula is C33H34N8O5. The van der Waals surface area contributed by atoms with Gasteiger partial charge in [0.25, 0.3) is 17.7 Å². The smallest absolute Gasteiger partial charge is 0.273 e. The number of nitrogens with zero attached hydrogens (tertiary/aromatic N) is 4. The van der Waals surface area contributed by atoms with Crippen molar-refractivity contribution in [3.8, 4) is 11.3 Å². The number of para-hydroxylation sites is 1. The van der Waals surface area contributed by atoms with Gasteiger partial charge in [0.2, 0.25) is 11.8 Å². The SMILES string of the molecule is CC(C)(C)[C@H](NC(=O)c1cc2ccccc2[nH]1)C(=O)N1C[C@@H]2C[C@H]1CN2C(=O)c1ncc(-c2ccc(C(N)=O)cn2)cc1C(N)=O. The molecule has 3 atom stereocenters. The highest BCUT2D eigenvalue weighted by molar-refractivity contribution is 6.06. The van der Waals surface area contributed by atoms with E-state index in [0.29, 0.717) is 23.4 Å². The highest BCUT2D eigenvalue weighted by atomic mass is 16.2. The van der Waals surface area contributed by atoms with Gasteiger partial charge in [-0.05, 0) is 42.2 Å². The second-order valence-corrected chi connectivity index (χ2v) is 12.8. The molecule has 2 saturated heterocycles. The number of primary amides is 2. The molecule has 4 aromatic rings. The van der Waals surface area contributed by atoms with Gasteiger partial charge in [0.1, 0.15) is 17.4 Å². The number of piperazine rings is 1. The van der Waals surface area contributed by atoms with Crippen LogP contribution in [0.1, 0.15) is 68.9 Å². The molecule has 6 N–H and O–H groups in total. The van der Waals surface area contributed by atoms with Crippen LogP contribution in [0.5, 0.6) is 0 Å². The molecule has 0 saturated carbocycles. The van der Waals surface area contributed by atoms with Crippen molar-refractivity contribution in [2.45, 2.75) is 45.3 Å². The largest absolute Gasteiger partial charge is 0.366 e. The molecule has 5 amide bonds. The number of pyridine rings is 2. The predicted octanol–water partition coefficient (Wildman–Crippen LogP) is 2.09. The summed E-state index contributed by atoms with van der Waals surface area (Å²) in [7, 11) is 0. The van der Waals surface area contributed by atoms with Gasteiger partial charge in [0, 0.05) is 41.9 Å². The average molecular weight is 623 g/mol. The highest BCUT2D eigenvalue weighted by Gasteiger charge is 2.50. The number of hydrogen-bond acceptors (Lipinski definition) is 7. The number of H-pyrrole nitrogens is 1. The molecule has 2 fully saturated rings. The third kappa shape index (κ3) is 5.55. The first kappa shape index (κ1) is 30.4. The zero-order valence-electron chi connectivity index (χ0n) is 25.6. The van der Waals surface area contributed by atoms with E-state index in [1.165, 1.54) is 24.5 Å². The van der Waals surface area contributed by atoms with E-state index in [1.54, 1.807) is 21.9 Å². The van der Waals surface area contributed by atoms with E-state index in [2.05, 4.69) is 20.3 Å². The number of hydrogen-bond donors (Lipinski definition) is 4. The lowest BCUT2D eigenvalue weighted by atomic mass is 9.85. The molecule has 6 rings (SSSR count). The Balaban J connectivity index is 1.17. The standard InChI is InChI=1S/C33H34N8O5/c1-33(2,3)27(39-30(44)25-11-17-6-4-5-7-24(17)38-25)32(46)41-16-20-12-21(41)15-40(20)31(45)26-22(29(35)43)10-19(14-37-26)23-9-8-18(13-36-23)28(34)42/h4-11,13-14,20-21,27,38H,12,15-16H2,1-3H3,(H2,34,42)(H2,35,43)(H,39,44)/t20-,21-,27+/m0/s1. The van der Waals surface area contributed by atoms with Crippen LogP contribution in [0.15, 0.2) is 60.9 Å². The summed E-state index contributed by atoms with van der Waals surface area (Å²) in [6.07, 6.45) is 3.29. The number of aromatic amines is 1. The fourth-order valence-electron chi connectivity index (χ4n) is 6.21. The highest BCUT2D eigenvalue weighted by Crippen LogP contribution is 2.35. The van der Waals surface area contributed by atoms with Crippen LogP contribution in [0.4, 0.5) is 0 Å². The first-order valence-corrected chi connectivity index (χ1v) is 14.9. The maximum absolute atomic E-state index is 13.9. The van der Waals surface area contributed by atoms with Crippen molar-refractivity contribution in [3.05, 3.63) is 83.4 Å². The molecule has 236 valence electrons. The minimum Gasteiger partial charge on any atom is -0.366 e. The summed E-state index contributed by atoms with van der Waals surface area (Å²) < 4.78 is 0. The molecule has 5 heterocycles. The summed E-state index contributed by atoms with van der Waals surface area (Å²) in [5.41, 5.74) is 12.5. The fraction of sp³-hybridized carbons (Fsp3) is 0.303. The molecule has 0 aliphatic carbocycles. The molecule has 1 aromatic carbocycles. The van der Waals surface area contributed by atoms with Crippen LogP contribution in [0.3, 0.4) is 0 Å². The number of aromatic nitrogens is 3. The number of likely N-dealkylation sites (tertiary alicyclic amines) is 2. The Hall–Kier alpha value is -5.59. The first-order chi connectivity index (χ1) is 21.8. The summed E-state index contributed by atoms with van der Waals surface area (Å²) in [5, 5.41) is 3.84. The van der Waals surface area contributed by atoms with Gasteiger partial charge in [-0.25, -0.2) is 4.98 Å². The van der Waals surface area contributed by atoms with Crippen LogP contribution in [0.2, 0.25) is 0 Å². The molecule has 0 spiro atoms. The Labute approximate surface area is 264 Å². The van der Waals surface area contributed by atoms with Crippen LogP contribution in [0.25, 0.3) is 22.2 Å².